The number of rotatable bonds is 2. The monoisotopic (exact) mass is 355 g/mol. The van der Waals surface area contributed by atoms with E-state index < -0.39 is 0 Å². The molecule has 0 aromatic heterocycles. The average Bonchev–Trinajstić information content (AvgIpc) is 2.91. The number of benzene rings is 1. The standard InChI is InChI=1S/C21H24ClN2O/c1-6-21(4)14(22)10-12-16(18(21)23-5)17-15-11(20(12,2)3)8-7-9-13(15)24-19(17)25/h6-9,12,14,18H,1,10H2,2-5H3,(H,24,25)/q-1. The maximum absolute atomic E-state index is 12.9. The van der Waals surface area contributed by atoms with Crippen LogP contribution in [0.15, 0.2) is 36.4 Å². The largest absolute Gasteiger partial charge is 0.658 e. The van der Waals surface area contributed by atoms with E-state index in [1.165, 1.54) is 5.56 Å². The third-order valence-electron chi connectivity index (χ3n) is 6.72. The molecule has 25 heavy (non-hydrogen) atoms. The van der Waals surface area contributed by atoms with Crippen LogP contribution in [0, 0.1) is 11.3 Å². The summed E-state index contributed by atoms with van der Waals surface area (Å²) in [5.74, 6) is 0.185. The predicted octanol–water partition coefficient (Wildman–Crippen LogP) is 4.88. The lowest BCUT2D eigenvalue weighted by atomic mass is 9.53. The molecule has 1 amide bonds. The first-order valence-electron chi connectivity index (χ1n) is 8.83. The minimum Gasteiger partial charge on any atom is -0.658 e. The van der Waals surface area contributed by atoms with E-state index in [1.807, 2.05) is 25.3 Å². The molecule has 3 aliphatic rings. The Hall–Kier alpha value is -1.58. The van der Waals surface area contributed by atoms with Crippen molar-refractivity contribution >= 4 is 28.8 Å². The molecule has 1 aliphatic heterocycles. The van der Waals surface area contributed by atoms with E-state index in [0.717, 1.165) is 28.8 Å². The van der Waals surface area contributed by atoms with Crippen LogP contribution in [0.25, 0.3) is 10.9 Å². The molecule has 4 atom stereocenters. The lowest BCUT2D eigenvalue weighted by Crippen LogP contribution is -2.52. The number of halogens is 1. The maximum Gasteiger partial charge on any atom is 0.256 e. The smallest absolute Gasteiger partial charge is 0.256 e. The summed E-state index contributed by atoms with van der Waals surface area (Å²) in [5.41, 5.74) is 4.71. The molecule has 132 valence electrons. The first-order valence-corrected chi connectivity index (χ1v) is 9.27. The van der Waals surface area contributed by atoms with Crippen molar-refractivity contribution in [1.29, 1.82) is 0 Å². The van der Waals surface area contributed by atoms with Gasteiger partial charge in [0.25, 0.3) is 5.91 Å². The molecule has 4 rings (SSSR count). The van der Waals surface area contributed by atoms with Gasteiger partial charge in [-0.15, -0.1) is 24.2 Å². The van der Waals surface area contributed by atoms with Crippen molar-refractivity contribution in [3.05, 3.63) is 52.9 Å². The van der Waals surface area contributed by atoms with Gasteiger partial charge < -0.3 is 10.6 Å². The predicted molar refractivity (Wildman–Crippen MR) is 104 cm³/mol. The SMILES string of the molecule is C=CC1(C)C(Cl)CC2C(=C3C(=O)Nc4cccc(c43)C2(C)C)C1[N-]C. The fourth-order valence-electron chi connectivity index (χ4n) is 5.16. The van der Waals surface area contributed by atoms with Crippen LogP contribution in [0.2, 0.25) is 0 Å². The number of hydrogen-bond acceptors (Lipinski definition) is 1. The summed E-state index contributed by atoms with van der Waals surface area (Å²) in [6.07, 6.45) is 2.74. The van der Waals surface area contributed by atoms with Crippen molar-refractivity contribution in [1.82, 2.24) is 0 Å². The van der Waals surface area contributed by atoms with Gasteiger partial charge >= 0.3 is 0 Å². The summed E-state index contributed by atoms with van der Waals surface area (Å²) in [4.78, 5) is 12.9. The number of nitrogens with zero attached hydrogens (tertiary/aromatic N) is 1. The number of fused-ring (bicyclic) bond motifs is 1. The van der Waals surface area contributed by atoms with Gasteiger partial charge in [-0.25, -0.2) is 0 Å². The molecule has 2 aliphatic carbocycles. The Morgan fingerprint density at radius 2 is 2.08 bits per heavy atom. The molecule has 4 unspecified atom stereocenters. The third kappa shape index (κ3) is 1.94. The highest BCUT2D eigenvalue weighted by Crippen LogP contribution is 2.60. The molecule has 0 spiro atoms. The molecule has 0 saturated heterocycles. The Morgan fingerprint density at radius 3 is 2.72 bits per heavy atom. The van der Waals surface area contributed by atoms with Crippen molar-refractivity contribution in [3.63, 3.8) is 0 Å². The lowest BCUT2D eigenvalue weighted by molar-refractivity contribution is -0.110. The van der Waals surface area contributed by atoms with Crippen LogP contribution in [-0.4, -0.2) is 24.4 Å². The van der Waals surface area contributed by atoms with Crippen LogP contribution < -0.4 is 5.32 Å². The van der Waals surface area contributed by atoms with Crippen LogP contribution >= 0.6 is 11.6 Å². The second kappa shape index (κ2) is 5.21. The Bertz CT molecular complexity index is 825. The Balaban J connectivity index is 2.08. The van der Waals surface area contributed by atoms with Crippen LogP contribution in [0.3, 0.4) is 0 Å². The van der Waals surface area contributed by atoms with Crippen molar-refractivity contribution in [2.24, 2.45) is 11.3 Å². The summed E-state index contributed by atoms with van der Waals surface area (Å²) >= 11 is 6.86. The Morgan fingerprint density at radius 1 is 1.36 bits per heavy atom. The van der Waals surface area contributed by atoms with Gasteiger partial charge in [-0.05, 0) is 34.8 Å². The van der Waals surface area contributed by atoms with Crippen LogP contribution in [0.1, 0.15) is 38.3 Å². The zero-order chi connectivity index (χ0) is 18.1. The molecule has 3 nitrogen and oxygen atoms in total. The van der Waals surface area contributed by atoms with Crippen LogP contribution in [0.4, 0.5) is 5.69 Å². The third-order valence-corrected chi connectivity index (χ3v) is 7.37. The molecule has 1 saturated carbocycles. The number of anilines is 1. The molecule has 1 fully saturated rings. The van der Waals surface area contributed by atoms with Gasteiger partial charge in [0.2, 0.25) is 0 Å². The molecule has 1 N–H and O–H groups in total. The molecule has 1 heterocycles. The van der Waals surface area contributed by atoms with Crippen molar-refractivity contribution in [3.8, 4) is 0 Å². The first kappa shape index (κ1) is 16.9. The number of carbonyl (C=O) groups is 1. The highest BCUT2D eigenvalue weighted by Gasteiger charge is 2.53. The van der Waals surface area contributed by atoms with E-state index in [4.69, 9.17) is 16.9 Å². The minimum absolute atomic E-state index is 0.00830. The van der Waals surface area contributed by atoms with Gasteiger partial charge in [-0.3, -0.25) is 4.79 Å². The normalized spacial score (nSPS) is 35.1. The minimum atomic E-state index is -0.361. The fraction of sp³-hybridized carbons (Fsp3) is 0.476. The number of carbonyl (C=O) groups excluding carboxylic acids is 1. The Kier molecular flexibility index (Phi) is 3.52. The quantitative estimate of drug-likeness (QED) is 0.596. The lowest BCUT2D eigenvalue weighted by Gasteiger charge is -2.59. The van der Waals surface area contributed by atoms with E-state index in [-0.39, 0.29) is 34.1 Å². The van der Waals surface area contributed by atoms with Crippen LogP contribution in [0.5, 0.6) is 0 Å². The van der Waals surface area contributed by atoms with Gasteiger partial charge in [-0.1, -0.05) is 44.6 Å². The van der Waals surface area contributed by atoms with Gasteiger partial charge in [-0.2, -0.15) is 7.05 Å². The van der Waals surface area contributed by atoms with Gasteiger partial charge in [0, 0.05) is 22.2 Å². The summed E-state index contributed by atoms with van der Waals surface area (Å²) in [6.45, 7) is 10.7. The zero-order valence-corrected chi connectivity index (χ0v) is 15.9. The topological polar surface area (TPSA) is 43.2 Å². The van der Waals surface area contributed by atoms with E-state index in [1.54, 1.807) is 0 Å². The highest BCUT2D eigenvalue weighted by molar-refractivity contribution is 6.33. The van der Waals surface area contributed by atoms with Crippen molar-refractivity contribution in [2.45, 2.75) is 44.0 Å². The zero-order valence-electron chi connectivity index (χ0n) is 15.2. The maximum atomic E-state index is 12.9. The molecule has 0 bridgehead atoms. The second-order valence-corrected chi connectivity index (χ2v) is 8.75. The van der Waals surface area contributed by atoms with E-state index in [9.17, 15) is 4.79 Å². The van der Waals surface area contributed by atoms with Crippen molar-refractivity contribution < 1.29 is 4.79 Å². The molecular weight excluding hydrogens is 332 g/mol. The van der Waals surface area contributed by atoms with Gasteiger partial charge in [0.05, 0.1) is 0 Å². The number of alkyl halides is 1. The van der Waals surface area contributed by atoms with E-state index in [0.29, 0.717) is 0 Å². The molecule has 0 radical (unpaired) electrons. The molecule has 1 aromatic carbocycles. The fourth-order valence-corrected chi connectivity index (χ4v) is 5.55. The van der Waals surface area contributed by atoms with Gasteiger partial charge in [0.15, 0.2) is 0 Å². The van der Waals surface area contributed by atoms with Crippen LogP contribution in [-0.2, 0) is 10.2 Å². The summed E-state index contributed by atoms with van der Waals surface area (Å²) in [7, 11) is 1.83. The van der Waals surface area contributed by atoms with Crippen molar-refractivity contribution in [2.75, 3.05) is 12.4 Å². The number of nitrogens with one attached hydrogen (secondary N) is 1. The summed E-state index contributed by atoms with van der Waals surface area (Å²) in [5, 5.41) is 7.69. The first-order chi connectivity index (χ1) is 11.8. The second-order valence-electron chi connectivity index (χ2n) is 8.22. The van der Waals surface area contributed by atoms with Gasteiger partial charge in [0.1, 0.15) is 0 Å². The van der Waals surface area contributed by atoms with E-state index >= 15 is 0 Å². The Labute approximate surface area is 154 Å². The molecular formula is C21H24ClN2O-. The number of likely N-dealkylation sites (N-methyl/N-ethyl adjacent to an activating group) is 1. The summed E-state index contributed by atoms with van der Waals surface area (Å²) in [6, 6.07) is 6.03. The highest BCUT2D eigenvalue weighted by atomic mass is 35.5. The summed E-state index contributed by atoms with van der Waals surface area (Å²) < 4.78 is 0. The van der Waals surface area contributed by atoms with E-state index in [2.05, 4.69) is 38.7 Å². The molecule has 1 aromatic rings. The number of amides is 1. The average molecular weight is 356 g/mol. The number of hydrogen-bond donors (Lipinski definition) is 1. The molecule has 4 heteroatoms.